The van der Waals surface area contributed by atoms with Crippen LogP contribution in [-0.4, -0.2) is 51.5 Å². The van der Waals surface area contributed by atoms with Gasteiger partial charge in [0, 0.05) is 24.3 Å². The number of unbranched alkanes of at least 4 members (excludes halogenated alkanes) is 1. The predicted octanol–water partition coefficient (Wildman–Crippen LogP) is 4.68. The lowest BCUT2D eigenvalue weighted by Gasteiger charge is -2.20. The molecule has 6 nitrogen and oxygen atoms in total. The third kappa shape index (κ3) is 5.21. The zero-order valence-electron chi connectivity index (χ0n) is 17.7. The number of benzene rings is 2. The maximum Gasteiger partial charge on any atom is 0.233 e. The van der Waals surface area contributed by atoms with E-state index in [-0.39, 0.29) is 5.91 Å². The Morgan fingerprint density at radius 3 is 2.43 bits per heavy atom. The number of ether oxygens (including phenoxy) is 1. The molecule has 0 saturated heterocycles. The maximum atomic E-state index is 12.7. The number of thioether (sulfide) groups is 1. The zero-order chi connectivity index (χ0) is 21.3. The Morgan fingerprint density at radius 1 is 1.07 bits per heavy atom. The summed E-state index contributed by atoms with van der Waals surface area (Å²) < 4.78 is 7.26. The van der Waals surface area contributed by atoms with E-state index in [0.717, 1.165) is 48.8 Å². The summed E-state index contributed by atoms with van der Waals surface area (Å²) in [4.78, 5) is 14.6. The van der Waals surface area contributed by atoms with Crippen molar-refractivity contribution in [2.24, 2.45) is 0 Å². The summed E-state index contributed by atoms with van der Waals surface area (Å²) in [6.45, 7) is 5.68. The first-order valence-corrected chi connectivity index (χ1v) is 11.2. The highest BCUT2D eigenvalue weighted by Gasteiger charge is 2.19. The first kappa shape index (κ1) is 21.9. The van der Waals surface area contributed by atoms with E-state index in [2.05, 4.69) is 17.1 Å². The minimum absolute atomic E-state index is 0.129. The van der Waals surface area contributed by atoms with Crippen molar-refractivity contribution < 1.29 is 9.53 Å². The number of rotatable bonds is 10. The topological polar surface area (TPSA) is 60.3 Å². The molecular weight excluding hydrogens is 396 g/mol. The second kappa shape index (κ2) is 10.8. The number of carbonyl (C=O) groups excluding carboxylic acids is 1. The van der Waals surface area contributed by atoms with Gasteiger partial charge in [0.15, 0.2) is 11.0 Å². The molecule has 0 saturated carbocycles. The molecule has 0 aliphatic heterocycles. The fourth-order valence-electron chi connectivity index (χ4n) is 3.13. The fraction of sp³-hybridized carbons (Fsp3) is 0.348. The van der Waals surface area contributed by atoms with Crippen LogP contribution in [0.1, 0.15) is 26.7 Å². The molecule has 1 amide bonds. The minimum atomic E-state index is 0.129. The molecule has 2 aromatic carbocycles. The van der Waals surface area contributed by atoms with Crippen LogP contribution < -0.4 is 4.74 Å². The van der Waals surface area contributed by atoms with Gasteiger partial charge >= 0.3 is 0 Å². The van der Waals surface area contributed by atoms with Crippen LogP contribution in [0.4, 0.5) is 0 Å². The molecule has 0 radical (unpaired) electrons. The molecule has 0 aliphatic carbocycles. The van der Waals surface area contributed by atoms with Crippen LogP contribution in [-0.2, 0) is 4.79 Å². The summed E-state index contributed by atoms with van der Waals surface area (Å²) in [6, 6.07) is 17.7. The summed E-state index contributed by atoms with van der Waals surface area (Å²) >= 11 is 1.42. The van der Waals surface area contributed by atoms with Gasteiger partial charge in [0.2, 0.25) is 5.91 Å². The summed E-state index contributed by atoms with van der Waals surface area (Å²) in [5.41, 5.74) is 1.89. The Hall–Kier alpha value is -2.80. The van der Waals surface area contributed by atoms with E-state index in [0.29, 0.717) is 10.9 Å². The molecule has 0 fully saturated rings. The molecule has 0 spiro atoms. The molecule has 158 valence electrons. The van der Waals surface area contributed by atoms with E-state index >= 15 is 0 Å². The maximum absolute atomic E-state index is 12.7. The van der Waals surface area contributed by atoms with Gasteiger partial charge in [-0.3, -0.25) is 9.36 Å². The highest BCUT2D eigenvalue weighted by molar-refractivity contribution is 7.99. The average Bonchev–Trinajstić information content (AvgIpc) is 3.22. The van der Waals surface area contributed by atoms with E-state index in [4.69, 9.17) is 4.74 Å². The Labute approximate surface area is 182 Å². The van der Waals surface area contributed by atoms with Crippen molar-refractivity contribution in [2.75, 3.05) is 26.0 Å². The van der Waals surface area contributed by atoms with Crippen LogP contribution in [0.5, 0.6) is 5.75 Å². The van der Waals surface area contributed by atoms with E-state index in [9.17, 15) is 4.79 Å². The Kier molecular flexibility index (Phi) is 7.90. The Balaban J connectivity index is 1.87. The number of para-hydroxylation sites is 1. The molecule has 0 N–H and O–H groups in total. The molecule has 0 atom stereocenters. The van der Waals surface area contributed by atoms with Gasteiger partial charge in [0.1, 0.15) is 5.75 Å². The lowest BCUT2D eigenvalue weighted by Crippen LogP contribution is -2.33. The Bertz CT molecular complexity index is 942. The first-order chi connectivity index (χ1) is 14.7. The normalized spacial score (nSPS) is 10.8. The summed E-state index contributed by atoms with van der Waals surface area (Å²) in [5.74, 6) is 1.99. The van der Waals surface area contributed by atoms with Crippen LogP contribution in [0.15, 0.2) is 59.8 Å². The van der Waals surface area contributed by atoms with Crippen LogP contribution in [0.25, 0.3) is 17.1 Å². The molecule has 0 unspecified atom stereocenters. The largest absolute Gasteiger partial charge is 0.497 e. The van der Waals surface area contributed by atoms with Crippen LogP contribution in [0.2, 0.25) is 0 Å². The quantitative estimate of drug-likeness (QED) is 0.442. The lowest BCUT2D eigenvalue weighted by molar-refractivity contribution is -0.128. The standard InChI is InChI=1S/C23H28N4O2S/c1-4-6-16-26(5-2)21(28)17-30-23-25-24-22(18-12-14-20(29-3)15-13-18)27(23)19-10-8-7-9-11-19/h7-15H,4-6,16-17H2,1-3H3. The molecular formula is C23H28N4O2S. The predicted molar refractivity (Wildman–Crippen MR) is 121 cm³/mol. The van der Waals surface area contributed by atoms with Gasteiger partial charge in [-0.15, -0.1) is 10.2 Å². The number of aromatic nitrogens is 3. The third-order valence-electron chi connectivity index (χ3n) is 4.84. The van der Waals surface area contributed by atoms with Gasteiger partial charge in [-0.25, -0.2) is 0 Å². The second-order valence-electron chi connectivity index (χ2n) is 6.82. The van der Waals surface area contributed by atoms with Crippen molar-refractivity contribution in [2.45, 2.75) is 31.8 Å². The third-order valence-corrected chi connectivity index (χ3v) is 5.75. The summed E-state index contributed by atoms with van der Waals surface area (Å²) in [6.07, 6.45) is 2.09. The summed E-state index contributed by atoms with van der Waals surface area (Å²) in [7, 11) is 1.65. The number of hydrogen-bond donors (Lipinski definition) is 0. The van der Waals surface area contributed by atoms with E-state index in [1.165, 1.54) is 11.8 Å². The smallest absolute Gasteiger partial charge is 0.233 e. The van der Waals surface area contributed by atoms with Gasteiger partial charge in [-0.2, -0.15) is 0 Å². The van der Waals surface area contributed by atoms with Crippen molar-refractivity contribution in [3.05, 3.63) is 54.6 Å². The number of amides is 1. The number of nitrogens with zero attached hydrogens (tertiary/aromatic N) is 4. The monoisotopic (exact) mass is 424 g/mol. The number of methoxy groups -OCH3 is 1. The molecule has 7 heteroatoms. The van der Waals surface area contributed by atoms with Crippen molar-refractivity contribution in [1.82, 2.24) is 19.7 Å². The average molecular weight is 425 g/mol. The first-order valence-electron chi connectivity index (χ1n) is 10.2. The molecule has 3 rings (SSSR count). The molecule has 0 aliphatic rings. The molecule has 1 aromatic heterocycles. The number of hydrogen-bond acceptors (Lipinski definition) is 5. The SMILES string of the molecule is CCCCN(CC)C(=O)CSc1nnc(-c2ccc(OC)cc2)n1-c1ccccc1. The van der Waals surface area contributed by atoms with Crippen LogP contribution in [0.3, 0.4) is 0 Å². The van der Waals surface area contributed by atoms with Gasteiger partial charge in [-0.1, -0.05) is 43.3 Å². The van der Waals surface area contributed by atoms with Crippen LogP contribution >= 0.6 is 11.8 Å². The number of carbonyl (C=O) groups is 1. The minimum Gasteiger partial charge on any atom is -0.497 e. The lowest BCUT2D eigenvalue weighted by atomic mass is 10.2. The van der Waals surface area contributed by atoms with E-state index < -0.39 is 0 Å². The van der Waals surface area contributed by atoms with Gasteiger partial charge in [-0.05, 0) is 49.7 Å². The van der Waals surface area contributed by atoms with Crippen molar-refractivity contribution in [1.29, 1.82) is 0 Å². The highest BCUT2D eigenvalue weighted by atomic mass is 32.2. The zero-order valence-corrected chi connectivity index (χ0v) is 18.6. The van der Waals surface area contributed by atoms with Gasteiger partial charge in [0.25, 0.3) is 0 Å². The van der Waals surface area contributed by atoms with E-state index in [1.807, 2.05) is 71.0 Å². The van der Waals surface area contributed by atoms with Gasteiger partial charge in [0.05, 0.1) is 12.9 Å². The van der Waals surface area contributed by atoms with Gasteiger partial charge < -0.3 is 9.64 Å². The van der Waals surface area contributed by atoms with Crippen LogP contribution in [0, 0.1) is 0 Å². The highest BCUT2D eigenvalue weighted by Crippen LogP contribution is 2.29. The fourth-order valence-corrected chi connectivity index (χ4v) is 3.98. The van der Waals surface area contributed by atoms with Crippen molar-refractivity contribution in [3.8, 4) is 22.8 Å². The summed E-state index contributed by atoms with van der Waals surface area (Å²) in [5, 5.41) is 9.54. The van der Waals surface area contributed by atoms with E-state index in [1.54, 1.807) is 7.11 Å². The molecule has 1 heterocycles. The Morgan fingerprint density at radius 2 is 1.80 bits per heavy atom. The van der Waals surface area contributed by atoms with Crippen molar-refractivity contribution >= 4 is 17.7 Å². The second-order valence-corrected chi connectivity index (χ2v) is 7.76. The molecule has 30 heavy (non-hydrogen) atoms. The molecule has 0 bridgehead atoms. The molecule has 3 aromatic rings. The van der Waals surface area contributed by atoms with Crippen molar-refractivity contribution in [3.63, 3.8) is 0 Å².